The van der Waals surface area contributed by atoms with E-state index in [1.807, 2.05) is 20.8 Å². The maximum atomic E-state index is 12.5. The first kappa shape index (κ1) is 15.0. The van der Waals surface area contributed by atoms with Gasteiger partial charge < -0.3 is 18.6 Å². The molecule has 3 heterocycles. The number of furan rings is 1. The van der Waals surface area contributed by atoms with Gasteiger partial charge in [0.05, 0.1) is 30.3 Å². The summed E-state index contributed by atoms with van der Waals surface area (Å²) in [6.45, 7) is 8.69. The monoisotopic (exact) mass is 332 g/mol. The molecule has 2 spiro atoms. The van der Waals surface area contributed by atoms with Gasteiger partial charge in [-0.3, -0.25) is 4.79 Å². The minimum Gasteiger partial charge on any atom is -0.469 e. The number of carbonyl (C=O) groups is 1. The molecule has 0 N–H and O–H groups in total. The van der Waals surface area contributed by atoms with E-state index in [0.29, 0.717) is 0 Å². The maximum absolute atomic E-state index is 12.5. The predicted molar refractivity (Wildman–Crippen MR) is 84.4 cm³/mol. The van der Waals surface area contributed by atoms with Crippen LogP contribution >= 0.6 is 0 Å². The second-order valence-electron chi connectivity index (χ2n) is 8.42. The average molecular weight is 332 g/mol. The third kappa shape index (κ3) is 1.51. The Morgan fingerprint density at radius 1 is 1.42 bits per heavy atom. The second-order valence-corrected chi connectivity index (χ2v) is 8.42. The van der Waals surface area contributed by atoms with E-state index in [1.54, 1.807) is 6.26 Å². The molecular formula is C19H24O5. The highest BCUT2D eigenvalue weighted by atomic mass is 16.6. The van der Waals surface area contributed by atoms with Gasteiger partial charge in [-0.05, 0) is 32.3 Å². The molecule has 2 saturated heterocycles. The van der Waals surface area contributed by atoms with Crippen molar-refractivity contribution in [2.45, 2.75) is 70.4 Å². The Morgan fingerprint density at radius 2 is 2.17 bits per heavy atom. The van der Waals surface area contributed by atoms with E-state index in [-0.39, 0.29) is 40.7 Å². The molecule has 5 heteroatoms. The van der Waals surface area contributed by atoms with Gasteiger partial charge in [-0.2, -0.15) is 0 Å². The van der Waals surface area contributed by atoms with Gasteiger partial charge in [0, 0.05) is 12.0 Å². The molecule has 1 aromatic heterocycles. The van der Waals surface area contributed by atoms with Gasteiger partial charge >= 0.3 is 5.97 Å². The smallest absolute Gasteiger partial charge is 0.309 e. The van der Waals surface area contributed by atoms with Crippen molar-refractivity contribution in [1.82, 2.24) is 0 Å². The van der Waals surface area contributed by atoms with Gasteiger partial charge in [0.2, 0.25) is 0 Å². The first-order valence-corrected chi connectivity index (χ1v) is 8.94. The summed E-state index contributed by atoms with van der Waals surface area (Å²) in [5.74, 6) is 0.563. The third-order valence-electron chi connectivity index (χ3n) is 6.96. The van der Waals surface area contributed by atoms with E-state index in [9.17, 15) is 4.79 Å². The normalized spacial score (nSPS) is 44.7. The minimum absolute atomic E-state index is 0.169. The number of rotatable bonds is 2. The highest BCUT2D eigenvalue weighted by Gasteiger charge is 2.84. The lowest BCUT2D eigenvalue weighted by Crippen LogP contribution is -2.59. The predicted octanol–water partition coefficient (Wildman–Crippen LogP) is 3.09. The van der Waals surface area contributed by atoms with Crippen LogP contribution in [0.1, 0.15) is 56.6 Å². The Hall–Kier alpha value is -1.33. The van der Waals surface area contributed by atoms with Crippen molar-refractivity contribution in [3.8, 4) is 0 Å². The van der Waals surface area contributed by atoms with Crippen LogP contribution in [0.4, 0.5) is 0 Å². The lowest BCUT2D eigenvalue weighted by Gasteiger charge is -2.50. The number of hydrogen-bond donors (Lipinski definition) is 0. The summed E-state index contributed by atoms with van der Waals surface area (Å²) in [4.78, 5) is 12.5. The molecule has 0 amide bonds. The molecule has 2 aliphatic heterocycles. The number of epoxide rings is 2. The van der Waals surface area contributed by atoms with Crippen molar-refractivity contribution in [2.24, 2.45) is 11.3 Å². The Labute approximate surface area is 141 Å². The first-order valence-electron chi connectivity index (χ1n) is 8.94. The van der Waals surface area contributed by atoms with E-state index in [0.717, 1.165) is 42.8 Å². The Morgan fingerprint density at radius 3 is 2.83 bits per heavy atom. The molecule has 24 heavy (non-hydrogen) atoms. The molecule has 130 valence electrons. The van der Waals surface area contributed by atoms with Gasteiger partial charge in [0.25, 0.3) is 0 Å². The summed E-state index contributed by atoms with van der Waals surface area (Å²) < 4.78 is 24.2. The average Bonchev–Trinajstić information content (AvgIpc) is 3.42. The number of esters is 1. The van der Waals surface area contributed by atoms with Crippen LogP contribution in [-0.4, -0.2) is 29.9 Å². The lowest BCUT2D eigenvalue weighted by atomic mass is 9.53. The molecule has 5 atom stereocenters. The van der Waals surface area contributed by atoms with Gasteiger partial charge in [0.15, 0.2) is 0 Å². The number of hydrogen-bond acceptors (Lipinski definition) is 5. The molecule has 5 nitrogen and oxygen atoms in total. The van der Waals surface area contributed by atoms with Crippen LogP contribution in [0, 0.1) is 18.3 Å². The largest absolute Gasteiger partial charge is 0.469 e. The Kier molecular flexibility index (Phi) is 2.65. The van der Waals surface area contributed by atoms with E-state index >= 15 is 0 Å². The van der Waals surface area contributed by atoms with E-state index in [2.05, 4.69) is 6.92 Å². The van der Waals surface area contributed by atoms with Crippen molar-refractivity contribution in [3.63, 3.8) is 0 Å². The summed E-state index contributed by atoms with van der Waals surface area (Å²) in [6.07, 6.45) is 4.35. The highest BCUT2D eigenvalue weighted by molar-refractivity contribution is 5.72. The van der Waals surface area contributed by atoms with Gasteiger partial charge in [-0.15, -0.1) is 0 Å². The topological polar surface area (TPSA) is 64.5 Å². The number of aryl methyl sites for hydroxylation is 1. The van der Waals surface area contributed by atoms with Crippen LogP contribution in [0.2, 0.25) is 0 Å². The molecule has 1 aromatic rings. The molecule has 2 aliphatic carbocycles. The number of fused-ring (bicyclic) bond motifs is 2. The molecule has 4 aliphatic rings. The van der Waals surface area contributed by atoms with Crippen LogP contribution in [0.25, 0.3) is 0 Å². The summed E-state index contributed by atoms with van der Waals surface area (Å²) in [5, 5.41) is 0. The minimum atomic E-state index is -0.373. The van der Waals surface area contributed by atoms with Crippen molar-refractivity contribution in [3.05, 3.63) is 23.2 Å². The van der Waals surface area contributed by atoms with Gasteiger partial charge in [-0.25, -0.2) is 0 Å². The van der Waals surface area contributed by atoms with Crippen LogP contribution in [-0.2, 0) is 25.4 Å². The van der Waals surface area contributed by atoms with Gasteiger partial charge in [-0.1, -0.05) is 13.8 Å². The van der Waals surface area contributed by atoms with Crippen molar-refractivity contribution in [2.75, 3.05) is 6.61 Å². The quantitative estimate of drug-likeness (QED) is 0.615. The lowest BCUT2D eigenvalue weighted by molar-refractivity contribution is -0.175. The number of carbonyl (C=O) groups excluding carboxylic acids is 1. The second kappa shape index (κ2) is 4.25. The van der Waals surface area contributed by atoms with E-state index in [1.165, 1.54) is 0 Å². The van der Waals surface area contributed by atoms with Crippen molar-refractivity contribution >= 4 is 5.97 Å². The fourth-order valence-electron chi connectivity index (χ4n) is 5.26. The molecule has 1 saturated carbocycles. The van der Waals surface area contributed by atoms with Crippen molar-refractivity contribution in [1.29, 1.82) is 0 Å². The van der Waals surface area contributed by atoms with E-state index < -0.39 is 0 Å². The Balaban J connectivity index is 1.68. The number of ether oxygens (including phenoxy) is 3. The summed E-state index contributed by atoms with van der Waals surface area (Å²) in [6, 6.07) is 0. The summed E-state index contributed by atoms with van der Waals surface area (Å²) in [5.41, 5.74) is 1.16. The zero-order chi connectivity index (χ0) is 16.9. The Bertz CT molecular complexity index is 730. The standard InChI is InChI=1S/C19H24O5/c1-10(2)16(20)23-15-14-11(3)8-21-12(14)7-19-13(24-19)5-6-18(9-22-18)17(15,19)4/h8,10,13,15H,5-7,9H2,1-4H3/t13-,15-,17-,18+,19-/m1/s1. The van der Waals surface area contributed by atoms with Crippen LogP contribution in [0.15, 0.2) is 10.7 Å². The SMILES string of the molecule is Cc1coc2c1[C@@H](OC(=O)C(C)C)[C@]1(C)[C@]3(CC[C@H]4O[C@]41C2)CO3. The molecule has 0 radical (unpaired) electrons. The summed E-state index contributed by atoms with van der Waals surface area (Å²) in [7, 11) is 0. The zero-order valence-electron chi connectivity index (χ0n) is 14.7. The van der Waals surface area contributed by atoms with Crippen molar-refractivity contribution < 1.29 is 23.4 Å². The third-order valence-corrected chi connectivity index (χ3v) is 6.96. The van der Waals surface area contributed by atoms with Crippen LogP contribution in [0.5, 0.6) is 0 Å². The van der Waals surface area contributed by atoms with Crippen LogP contribution in [0.3, 0.4) is 0 Å². The molecule has 5 rings (SSSR count). The maximum Gasteiger partial charge on any atom is 0.309 e. The fourth-order valence-corrected chi connectivity index (χ4v) is 5.26. The molecule has 0 bridgehead atoms. The molecule has 0 aromatic carbocycles. The highest BCUT2D eigenvalue weighted by Crippen LogP contribution is 2.74. The molecule has 3 fully saturated rings. The molecular weight excluding hydrogens is 308 g/mol. The van der Waals surface area contributed by atoms with E-state index in [4.69, 9.17) is 18.6 Å². The molecule has 0 unspecified atom stereocenters. The van der Waals surface area contributed by atoms with Crippen LogP contribution < -0.4 is 0 Å². The van der Waals surface area contributed by atoms with Gasteiger partial charge in [0.1, 0.15) is 23.1 Å². The first-order chi connectivity index (χ1) is 11.3. The zero-order valence-corrected chi connectivity index (χ0v) is 14.7. The fraction of sp³-hybridized carbons (Fsp3) is 0.737. The summed E-state index contributed by atoms with van der Waals surface area (Å²) >= 11 is 0.